The number of anilines is 1. The first-order valence-corrected chi connectivity index (χ1v) is 8.18. The van der Waals surface area contributed by atoms with Gasteiger partial charge in [-0.2, -0.15) is 0 Å². The summed E-state index contributed by atoms with van der Waals surface area (Å²) >= 11 is 8.46. The number of nitrogens with zero attached hydrogens (tertiary/aromatic N) is 1. The Morgan fingerprint density at radius 2 is 2.17 bits per heavy atom. The molecule has 1 heterocycles. The molecule has 18 heavy (non-hydrogen) atoms. The second-order valence-electron chi connectivity index (χ2n) is 3.99. The van der Waals surface area contributed by atoms with Crippen molar-refractivity contribution in [1.82, 2.24) is 0 Å². The fourth-order valence-electron chi connectivity index (χ4n) is 1.82. The van der Waals surface area contributed by atoms with Crippen molar-refractivity contribution in [1.29, 1.82) is 0 Å². The van der Waals surface area contributed by atoms with Crippen LogP contribution in [-0.4, -0.2) is 7.05 Å². The quantitative estimate of drug-likeness (QED) is 0.648. The third-order valence-electron chi connectivity index (χ3n) is 2.68. The number of benzene rings is 1. The lowest BCUT2D eigenvalue weighted by Gasteiger charge is -2.21. The van der Waals surface area contributed by atoms with E-state index >= 15 is 0 Å². The Morgan fingerprint density at radius 1 is 1.39 bits per heavy atom. The zero-order chi connectivity index (χ0) is 13.1. The Labute approximate surface area is 127 Å². The highest BCUT2D eigenvalue weighted by molar-refractivity contribution is 9.11. The summed E-state index contributed by atoms with van der Waals surface area (Å²) in [4.78, 5) is 2.06. The molecule has 96 valence electrons. The van der Waals surface area contributed by atoms with Gasteiger partial charge in [-0.15, -0.1) is 11.3 Å². The second kappa shape index (κ2) is 6.17. The molecule has 0 N–H and O–H groups in total. The molecule has 0 saturated heterocycles. The van der Waals surface area contributed by atoms with E-state index in [9.17, 15) is 4.39 Å². The fourth-order valence-corrected chi connectivity index (χ4v) is 3.58. The monoisotopic (exact) mass is 391 g/mol. The summed E-state index contributed by atoms with van der Waals surface area (Å²) in [7, 11) is 1.98. The number of alkyl halides is 1. The van der Waals surface area contributed by atoms with E-state index in [-0.39, 0.29) is 5.82 Å². The molecule has 0 radical (unpaired) electrons. The van der Waals surface area contributed by atoms with Crippen LogP contribution >= 0.6 is 43.2 Å². The molecule has 0 aliphatic carbocycles. The number of hydrogen-bond donors (Lipinski definition) is 0. The highest BCUT2D eigenvalue weighted by Crippen LogP contribution is 2.27. The Morgan fingerprint density at radius 3 is 2.78 bits per heavy atom. The maximum absolute atomic E-state index is 13.7. The minimum Gasteiger partial charge on any atom is -0.370 e. The smallest absolute Gasteiger partial charge is 0.129 e. The molecule has 0 saturated carbocycles. The summed E-state index contributed by atoms with van der Waals surface area (Å²) in [5, 5.41) is 2.63. The largest absolute Gasteiger partial charge is 0.370 e. The number of halogens is 3. The summed E-state index contributed by atoms with van der Waals surface area (Å²) < 4.78 is 14.8. The zero-order valence-electron chi connectivity index (χ0n) is 9.79. The van der Waals surface area contributed by atoms with Crippen molar-refractivity contribution < 1.29 is 4.39 Å². The van der Waals surface area contributed by atoms with Gasteiger partial charge in [0.15, 0.2) is 0 Å². The van der Waals surface area contributed by atoms with Crippen LogP contribution in [0.3, 0.4) is 0 Å². The molecule has 0 aliphatic heterocycles. The van der Waals surface area contributed by atoms with E-state index in [0.29, 0.717) is 10.9 Å². The van der Waals surface area contributed by atoms with Crippen LogP contribution in [0.1, 0.15) is 11.1 Å². The summed E-state index contributed by atoms with van der Waals surface area (Å²) in [5.74, 6) is -0.164. The molecule has 0 spiro atoms. The summed E-state index contributed by atoms with van der Waals surface area (Å²) in [6.45, 7) is 0.769. The lowest BCUT2D eigenvalue weighted by Crippen LogP contribution is -2.17. The van der Waals surface area contributed by atoms with Crippen LogP contribution < -0.4 is 4.90 Å². The number of rotatable bonds is 4. The molecule has 1 nitrogen and oxygen atoms in total. The van der Waals surface area contributed by atoms with Gasteiger partial charge >= 0.3 is 0 Å². The van der Waals surface area contributed by atoms with Gasteiger partial charge in [-0.25, -0.2) is 4.39 Å². The van der Waals surface area contributed by atoms with Gasteiger partial charge in [-0.3, -0.25) is 0 Å². The molecular formula is C13H12Br2FNS. The van der Waals surface area contributed by atoms with E-state index in [0.717, 1.165) is 16.0 Å². The Kier molecular flexibility index (Phi) is 4.81. The lowest BCUT2D eigenvalue weighted by molar-refractivity contribution is 0.616. The molecule has 2 aromatic rings. The summed E-state index contributed by atoms with van der Waals surface area (Å²) in [6, 6.07) is 7.28. The Balaban J connectivity index is 2.23. The first kappa shape index (κ1) is 14.0. The van der Waals surface area contributed by atoms with Crippen LogP contribution in [0, 0.1) is 5.82 Å². The van der Waals surface area contributed by atoms with Gasteiger partial charge in [-0.05, 0) is 45.1 Å². The first-order chi connectivity index (χ1) is 8.61. The Bertz CT molecular complexity index is 542. The van der Waals surface area contributed by atoms with Crippen LogP contribution in [0.5, 0.6) is 0 Å². The van der Waals surface area contributed by atoms with Gasteiger partial charge in [0, 0.05) is 30.2 Å². The highest BCUT2D eigenvalue weighted by atomic mass is 79.9. The van der Waals surface area contributed by atoms with E-state index in [4.69, 9.17) is 0 Å². The standard InChI is InChI=1S/C13H12Br2FNS/c1-17(7-9-5-13(15)18-8-9)12-4-2-3-11(16)10(12)6-14/h2-5,8H,6-7H2,1H3. The van der Waals surface area contributed by atoms with Gasteiger partial charge in [0.05, 0.1) is 3.79 Å². The van der Waals surface area contributed by atoms with Crippen molar-refractivity contribution in [3.63, 3.8) is 0 Å². The van der Waals surface area contributed by atoms with Gasteiger partial charge in [-0.1, -0.05) is 22.0 Å². The minimum atomic E-state index is -0.164. The van der Waals surface area contributed by atoms with Crippen LogP contribution in [-0.2, 0) is 11.9 Å². The SMILES string of the molecule is CN(Cc1csc(Br)c1)c1cccc(F)c1CBr. The molecule has 0 amide bonds. The topological polar surface area (TPSA) is 3.24 Å². The normalized spacial score (nSPS) is 10.7. The maximum Gasteiger partial charge on any atom is 0.129 e. The zero-order valence-corrected chi connectivity index (χ0v) is 13.8. The fraction of sp³-hybridized carbons (Fsp3) is 0.231. The molecule has 0 bridgehead atoms. The minimum absolute atomic E-state index is 0.164. The predicted molar refractivity (Wildman–Crippen MR) is 83.2 cm³/mol. The van der Waals surface area contributed by atoms with Gasteiger partial charge in [0.25, 0.3) is 0 Å². The summed E-state index contributed by atoms with van der Waals surface area (Å²) in [5.41, 5.74) is 2.85. The van der Waals surface area contributed by atoms with E-state index in [1.54, 1.807) is 17.4 Å². The van der Waals surface area contributed by atoms with E-state index in [1.807, 2.05) is 13.1 Å². The van der Waals surface area contributed by atoms with Crippen molar-refractivity contribution in [2.75, 3.05) is 11.9 Å². The molecule has 2 rings (SSSR count). The highest BCUT2D eigenvalue weighted by Gasteiger charge is 2.11. The van der Waals surface area contributed by atoms with E-state index in [2.05, 4.69) is 48.2 Å². The van der Waals surface area contributed by atoms with Gasteiger partial charge in [0.2, 0.25) is 0 Å². The van der Waals surface area contributed by atoms with Crippen LogP contribution in [0.4, 0.5) is 10.1 Å². The second-order valence-corrected chi connectivity index (χ2v) is 6.84. The molecule has 0 unspecified atom stereocenters. The van der Waals surface area contributed by atoms with Crippen molar-refractivity contribution in [3.05, 3.63) is 50.4 Å². The molecule has 0 fully saturated rings. The third kappa shape index (κ3) is 3.13. The predicted octanol–water partition coefficient (Wildman–Crippen LogP) is 5.18. The molecular weight excluding hydrogens is 381 g/mol. The first-order valence-electron chi connectivity index (χ1n) is 5.39. The van der Waals surface area contributed by atoms with Crippen molar-refractivity contribution >= 4 is 48.9 Å². The average molecular weight is 393 g/mol. The van der Waals surface area contributed by atoms with Crippen molar-refractivity contribution in [2.45, 2.75) is 11.9 Å². The Hall–Kier alpha value is -0.390. The molecule has 0 atom stereocenters. The third-order valence-corrected chi connectivity index (χ3v) is 4.79. The maximum atomic E-state index is 13.7. The van der Waals surface area contributed by atoms with Crippen LogP contribution in [0.25, 0.3) is 0 Å². The average Bonchev–Trinajstić information content (AvgIpc) is 2.74. The lowest BCUT2D eigenvalue weighted by atomic mass is 10.1. The van der Waals surface area contributed by atoms with Crippen LogP contribution in [0.15, 0.2) is 33.4 Å². The molecule has 5 heteroatoms. The molecule has 0 aliphatic rings. The van der Waals surface area contributed by atoms with E-state index in [1.165, 1.54) is 11.6 Å². The van der Waals surface area contributed by atoms with E-state index < -0.39 is 0 Å². The van der Waals surface area contributed by atoms with Crippen molar-refractivity contribution in [3.8, 4) is 0 Å². The van der Waals surface area contributed by atoms with Crippen LogP contribution in [0.2, 0.25) is 0 Å². The number of thiophene rings is 1. The van der Waals surface area contributed by atoms with Crippen molar-refractivity contribution in [2.24, 2.45) is 0 Å². The number of hydrogen-bond acceptors (Lipinski definition) is 2. The molecule has 1 aromatic carbocycles. The van der Waals surface area contributed by atoms with Gasteiger partial charge in [0.1, 0.15) is 5.82 Å². The van der Waals surface area contributed by atoms with Gasteiger partial charge < -0.3 is 4.90 Å². The molecule has 1 aromatic heterocycles. The summed E-state index contributed by atoms with van der Waals surface area (Å²) in [6.07, 6.45) is 0.